The Balaban J connectivity index is 1.82. The Labute approximate surface area is 117 Å². The Hall–Kier alpha value is -1.33. The molecule has 0 saturated carbocycles. The normalized spacial score (nSPS) is 19.1. The van der Waals surface area contributed by atoms with Crippen LogP contribution in [0, 0.1) is 0 Å². The molecule has 2 rings (SSSR count). The number of nitrogens with zero attached hydrogens (tertiary/aromatic N) is 1. The van der Waals surface area contributed by atoms with E-state index in [0.29, 0.717) is 17.1 Å². The van der Waals surface area contributed by atoms with Crippen LogP contribution in [-0.4, -0.2) is 30.1 Å². The number of carbonyl (C=O) groups is 1. The van der Waals surface area contributed by atoms with Gasteiger partial charge in [-0.2, -0.15) is 0 Å². The molecular weight excluding hydrogens is 266 g/mol. The molecule has 0 aliphatic carbocycles. The molecule has 5 nitrogen and oxygen atoms in total. The molecule has 1 atom stereocenters. The number of halogens is 1. The summed E-state index contributed by atoms with van der Waals surface area (Å²) in [5.41, 5.74) is 5.90. The lowest BCUT2D eigenvalue weighted by Crippen LogP contribution is -2.29. The Morgan fingerprint density at radius 2 is 2.42 bits per heavy atom. The largest absolute Gasteiger partial charge is 0.384 e. The zero-order valence-corrected chi connectivity index (χ0v) is 11.4. The van der Waals surface area contributed by atoms with Gasteiger partial charge >= 0.3 is 0 Å². The van der Waals surface area contributed by atoms with Crippen LogP contribution in [0.15, 0.2) is 12.3 Å². The molecule has 3 N–H and O–H groups in total. The van der Waals surface area contributed by atoms with Gasteiger partial charge in [0.1, 0.15) is 5.82 Å². The van der Waals surface area contributed by atoms with E-state index in [-0.39, 0.29) is 17.8 Å². The van der Waals surface area contributed by atoms with Crippen LogP contribution >= 0.6 is 11.6 Å². The number of anilines is 1. The monoisotopic (exact) mass is 283 g/mol. The van der Waals surface area contributed by atoms with Crippen LogP contribution in [0.3, 0.4) is 0 Å². The molecule has 0 bridgehead atoms. The summed E-state index contributed by atoms with van der Waals surface area (Å²) in [6.45, 7) is 1.40. The van der Waals surface area contributed by atoms with E-state index < -0.39 is 0 Å². The predicted molar refractivity (Wildman–Crippen MR) is 74.2 cm³/mol. The highest BCUT2D eigenvalue weighted by atomic mass is 35.5. The zero-order valence-electron chi connectivity index (χ0n) is 10.7. The van der Waals surface area contributed by atoms with Gasteiger partial charge in [-0.1, -0.05) is 11.6 Å². The van der Waals surface area contributed by atoms with Crippen LogP contribution in [0.25, 0.3) is 0 Å². The number of hydrogen-bond acceptors (Lipinski definition) is 4. The van der Waals surface area contributed by atoms with Crippen molar-refractivity contribution in [3.8, 4) is 0 Å². The van der Waals surface area contributed by atoms with Gasteiger partial charge in [0, 0.05) is 19.3 Å². The molecule has 0 spiro atoms. The summed E-state index contributed by atoms with van der Waals surface area (Å²) in [5.74, 6) is 0.0556. The van der Waals surface area contributed by atoms with Crippen LogP contribution in [0.5, 0.6) is 0 Å². The summed E-state index contributed by atoms with van der Waals surface area (Å²) in [5, 5.41) is 3.13. The molecule has 1 aliphatic heterocycles. The minimum Gasteiger partial charge on any atom is -0.384 e. The average Bonchev–Trinajstić information content (AvgIpc) is 2.42. The third-order valence-corrected chi connectivity index (χ3v) is 3.45. The Bertz CT molecular complexity index is 448. The van der Waals surface area contributed by atoms with Crippen LogP contribution in [0.1, 0.15) is 36.0 Å². The Kier molecular flexibility index (Phi) is 4.99. The van der Waals surface area contributed by atoms with E-state index >= 15 is 0 Å². The lowest BCUT2D eigenvalue weighted by molar-refractivity contribution is 0.0117. The molecule has 104 valence electrons. The summed E-state index contributed by atoms with van der Waals surface area (Å²) in [6, 6.07) is 1.48. The fourth-order valence-electron chi connectivity index (χ4n) is 2.11. The molecule has 19 heavy (non-hydrogen) atoms. The van der Waals surface area contributed by atoms with Crippen molar-refractivity contribution < 1.29 is 9.53 Å². The first-order valence-corrected chi connectivity index (χ1v) is 6.85. The van der Waals surface area contributed by atoms with E-state index in [0.717, 1.165) is 25.9 Å². The predicted octanol–water partition coefficient (Wildman–Crippen LogP) is 2.01. The molecule has 1 amide bonds. The molecule has 1 aromatic rings. The molecule has 2 heterocycles. The first-order chi connectivity index (χ1) is 9.16. The highest BCUT2D eigenvalue weighted by molar-refractivity contribution is 6.33. The van der Waals surface area contributed by atoms with E-state index in [1.54, 1.807) is 0 Å². The first kappa shape index (κ1) is 14.1. The molecular formula is C13H18ClN3O2. The van der Waals surface area contributed by atoms with Gasteiger partial charge in [0.2, 0.25) is 0 Å². The van der Waals surface area contributed by atoms with Gasteiger partial charge < -0.3 is 15.8 Å². The third-order valence-electron chi connectivity index (χ3n) is 3.15. The lowest BCUT2D eigenvalue weighted by Gasteiger charge is -2.22. The summed E-state index contributed by atoms with van der Waals surface area (Å²) in [4.78, 5) is 15.8. The van der Waals surface area contributed by atoms with Gasteiger partial charge in [-0.15, -0.1) is 0 Å². The van der Waals surface area contributed by atoms with Crippen molar-refractivity contribution in [2.75, 3.05) is 18.9 Å². The van der Waals surface area contributed by atoms with Crippen molar-refractivity contribution in [1.82, 2.24) is 10.3 Å². The van der Waals surface area contributed by atoms with Crippen LogP contribution in [0.2, 0.25) is 5.02 Å². The van der Waals surface area contributed by atoms with Crippen LogP contribution < -0.4 is 11.1 Å². The number of carbonyl (C=O) groups excluding carboxylic acids is 1. The maximum absolute atomic E-state index is 11.9. The topological polar surface area (TPSA) is 77.2 Å². The SMILES string of the molecule is Nc1cc(C(=O)NCCC2CCCCO2)c(Cl)cn1. The number of hydrogen-bond donors (Lipinski definition) is 2. The van der Waals surface area contributed by atoms with Crippen molar-refractivity contribution in [1.29, 1.82) is 0 Å². The minimum absolute atomic E-state index is 0.227. The maximum atomic E-state index is 11.9. The summed E-state index contributed by atoms with van der Waals surface area (Å²) < 4.78 is 5.60. The molecule has 6 heteroatoms. The number of nitrogens with one attached hydrogen (secondary N) is 1. The van der Waals surface area contributed by atoms with Gasteiger partial charge in [0.25, 0.3) is 5.91 Å². The van der Waals surface area contributed by atoms with Gasteiger partial charge in [-0.3, -0.25) is 4.79 Å². The van der Waals surface area contributed by atoms with E-state index in [1.807, 2.05) is 0 Å². The molecule has 0 radical (unpaired) electrons. The van der Waals surface area contributed by atoms with Gasteiger partial charge in [-0.05, 0) is 31.7 Å². The number of rotatable bonds is 4. The number of amides is 1. The zero-order chi connectivity index (χ0) is 13.7. The quantitative estimate of drug-likeness (QED) is 0.886. The van der Waals surface area contributed by atoms with Gasteiger partial charge in [0.05, 0.1) is 16.7 Å². The molecule has 1 aromatic heterocycles. The standard InChI is InChI=1S/C13H18ClN3O2/c14-11-8-17-12(15)7-10(11)13(18)16-5-4-9-3-1-2-6-19-9/h7-9H,1-6H2,(H2,15,17)(H,16,18). The van der Waals surface area contributed by atoms with E-state index in [2.05, 4.69) is 10.3 Å². The number of pyridine rings is 1. The summed E-state index contributed by atoms with van der Waals surface area (Å²) in [6.07, 6.45) is 5.87. The highest BCUT2D eigenvalue weighted by Gasteiger charge is 2.15. The number of nitrogen functional groups attached to an aromatic ring is 1. The van der Waals surface area contributed by atoms with E-state index in [4.69, 9.17) is 22.1 Å². The van der Waals surface area contributed by atoms with Gasteiger partial charge in [-0.25, -0.2) is 4.98 Å². The van der Waals surface area contributed by atoms with Crippen LogP contribution in [0.4, 0.5) is 5.82 Å². The van der Waals surface area contributed by atoms with Gasteiger partial charge in [0.15, 0.2) is 0 Å². The second-order valence-electron chi connectivity index (χ2n) is 4.62. The fraction of sp³-hybridized carbons (Fsp3) is 0.538. The Morgan fingerprint density at radius 1 is 1.58 bits per heavy atom. The molecule has 0 aromatic carbocycles. The molecule has 1 saturated heterocycles. The first-order valence-electron chi connectivity index (χ1n) is 6.47. The van der Waals surface area contributed by atoms with Crippen LogP contribution in [-0.2, 0) is 4.74 Å². The number of aromatic nitrogens is 1. The summed E-state index contributed by atoms with van der Waals surface area (Å²) >= 11 is 5.92. The maximum Gasteiger partial charge on any atom is 0.252 e. The average molecular weight is 284 g/mol. The number of nitrogens with two attached hydrogens (primary N) is 1. The van der Waals surface area contributed by atoms with E-state index in [9.17, 15) is 4.79 Å². The molecule has 1 aliphatic rings. The van der Waals surface area contributed by atoms with Crippen molar-refractivity contribution in [3.63, 3.8) is 0 Å². The van der Waals surface area contributed by atoms with Crippen molar-refractivity contribution in [3.05, 3.63) is 22.8 Å². The van der Waals surface area contributed by atoms with E-state index in [1.165, 1.54) is 18.7 Å². The second-order valence-corrected chi connectivity index (χ2v) is 5.03. The summed E-state index contributed by atoms with van der Waals surface area (Å²) in [7, 11) is 0. The van der Waals surface area contributed by atoms with Crippen molar-refractivity contribution in [2.24, 2.45) is 0 Å². The smallest absolute Gasteiger partial charge is 0.252 e. The molecule has 1 fully saturated rings. The molecule has 1 unspecified atom stereocenters. The van der Waals surface area contributed by atoms with Crippen molar-refractivity contribution >= 4 is 23.3 Å². The number of ether oxygens (including phenoxy) is 1. The highest BCUT2D eigenvalue weighted by Crippen LogP contribution is 2.17. The lowest BCUT2D eigenvalue weighted by atomic mass is 10.1. The fourth-order valence-corrected chi connectivity index (χ4v) is 2.30. The third kappa shape index (κ3) is 4.08. The Morgan fingerprint density at radius 3 is 3.16 bits per heavy atom. The van der Waals surface area contributed by atoms with Crippen molar-refractivity contribution in [2.45, 2.75) is 31.8 Å². The second kappa shape index (κ2) is 6.73. The minimum atomic E-state index is -0.227.